The molecule has 0 unspecified atom stereocenters. The number of rotatable bonds is 3. The molecular weight excluding hydrogens is 279 g/mol. The minimum Gasteiger partial charge on any atom is -0.382 e. The third-order valence-electron chi connectivity index (χ3n) is 3.13. The molecule has 1 aliphatic rings. The highest BCUT2D eigenvalue weighted by atomic mass is 32.2. The van der Waals surface area contributed by atoms with E-state index in [0.29, 0.717) is 6.54 Å². The smallest absolute Gasteiger partial charge is 0.382 e. The number of halogens is 3. The number of thioether (sulfide) groups is 1. The number of aliphatic hydroxyl groups is 1. The SMILES string of the molecule is Cn1cc([C@H]2CSCCN2C[C@@H](O)C(F)(F)F)cn1. The van der Waals surface area contributed by atoms with E-state index in [2.05, 4.69) is 5.10 Å². The fourth-order valence-corrected chi connectivity index (χ4v) is 3.26. The first kappa shape index (κ1) is 14.7. The van der Waals surface area contributed by atoms with Gasteiger partial charge in [-0.2, -0.15) is 30.0 Å². The molecule has 1 fully saturated rings. The summed E-state index contributed by atoms with van der Waals surface area (Å²) in [6.45, 7) is 0.154. The van der Waals surface area contributed by atoms with Crippen molar-refractivity contribution in [2.24, 2.45) is 7.05 Å². The topological polar surface area (TPSA) is 41.3 Å². The average Bonchev–Trinajstić information content (AvgIpc) is 2.75. The van der Waals surface area contributed by atoms with Crippen molar-refractivity contribution in [2.75, 3.05) is 24.6 Å². The number of β-amino-alcohol motifs (C(OH)–C–C–N with tert-alkyl or cyclic N) is 1. The van der Waals surface area contributed by atoms with E-state index in [1.54, 1.807) is 34.6 Å². The van der Waals surface area contributed by atoms with Gasteiger partial charge in [-0.3, -0.25) is 9.58 Å². The molecule has 0 radical (unpaired) electrons. The van der Waals surface area contributed by atoms with Crippen molar-refractivity contribution in [1.29, 1.82) is 0 Å². The lowest BCUT2D eigenvalue weighted by atomic mass is 10.1. The van der Waals surface area contributed by atoms with E-state index in [1.165, 1.54) is 0 Å². The molecule has 1 N–H and O–H groups in total. The second-order valence-electron chi connectivity index (χ2n) is 4.59. The molecule has 0 saturated carbocycles. The van der Waals surface area contributed by atoms with Gasteiger partial charge in [0.05, 0.1) is 6.20 Å². The Morgan fingerprint density at radius 2 is 2.32 bits per heavy atom. The maximum atomic E-state index is 12.4. The number of alkyl halides is 3. The maximum absolute atomic E-state index is 12.4. The summed E-state index contributed by atoms with van der Waals surface area (Å²) in [5, 5.41) is 13.3. The summed E-state index contributed by atoms with van der Waals surface area (Å²) in [5.74, 6) is 1.50. The van der Waals surface area contributed by atoms with Crippen molar-refractivity contribution >= 4 is 11.8 Å². The van der Waals surface area contributed by atoms with Gasteiger partial charge in [-0.05, 0) is 0 Å². The molecule has 1 aromatic rings. The van der Waals surface area contributed by atoms with Crippen LogP contribution in [-0.4, -0.2) is 56.7 Å². The molecule has 1 saturated heterocycles. The van der Waals surface area contributed by atoms with Gasteiger partial charge in [0.15, 0.2) is 6.10 Å². The number of hydrogen-bond donors (Lipinski definition) is 1. The van der Waals surface area contributed by atoms with Crippen LogP contribution in [0.4, 0.5) is 13.2 Å². The van der Waals surface area contributed by atoms with Crippen LogP contribution in [0.1, 0.15) is 11.6 Å². The van der Waals surface area contributed by atoms with Crippen molar-refractivity contribution in [3.8, 4) is 0 Å². The molecule has 0 aromatic carbocycles. The Morgan fingerprint density at radius 3 is 2.89 bits per heavy atom. The van der Waals surface area contributed by atoms with Gasteiger partial charge in [0.25, 0.3) is 0 Å². The molecule has 0 bridgehead atoms. The van der Waals surface area contributed by atoms with E-state index >= 15 is 0 Å². The molecule has 108 valence electrons. The normalized spacial score (nSPS) is 23.5. The molecule has 2 rings (SSSR count). The van der Waals surface area contributed by atoms with Crippen LogP contribution >= 0.6 is 11.8 Å². The molecule has 4 nitrogen and oxygen atoms in total. The Kier molecular flexibility index (Phi) is 4.42. The Morgan fingerprint density at radius 1 is 1.58 bits per heavy atom. The van der Waals surface area contributed by atoms with Gasteiger partial charge in [-0.25, -0.2) is 0 Å². The number of aliphatic hydroxyl groups excluding tert-OH is 1. The summed E-state index contributed by atoms with van der Waals surface area (Å²) in [6.07, 6.45) is -3.38. The number of hydrogen-bond acceptors (Lipinski definition) is 4. The van der Waals surface area contributed by atoms with Crippen molar-refractivity contribution in [3.05, 3.63) is 18.0 Å². The van der Waals surface area contributed by atoms with Crippen molar-refractivity contribution in [3.63, 3.8) is 0 Å². The maximum Gasteiger partial charge on any atom is 0.415 e. The first-order valence-corrected chi connectivity index (χ1v) is 7.08. The van der Waals surface area contributed by atoms with Crippen LogP contribution in [0, 0.1) is 0 Å². The van der Waals surface area contributed by atoms with E-state index in [9.17, 15) is 18.3 Å². The zero-order valence-electron chi connectivity index (χ0n) is 10.5. The molecular formula is C11H16F3N3OS. The van der Waals surface area contributed by atoms with Crippen LogP contribution < -0.4 is 0 Å². The molecule has 19 heavy (non-hydrogen) atoms. The average molecular weight is 295 g/mol. The lowest BCUT2D eigenvalue weighted by Crippen LogP contribution is -2.45. The summed E-state index contributed by atoms with van der Waals surface area (Å²) in [7, 11) is 1.77. The van der Waals surface area contributed by atoms with Crippen LogP contribution in [0.25, 0.3) is 0 Å². The van der Waals surface area contributed by atoms with Gasteiger partial charge in [-0.15, -0.1) is 0 Å². The summed E-state index contributed by atoms with van der Waals surface area (Å²) >= 11 is 1.70. The Hall–Kier alpha value is -0.730. The van der Waals surface area contributed by atoms with Gasteiger partial charge in [0.1, 0.15) is 0 Å². The van der Waals surface area contributed by atoms with Gasteiger partial charge in [-0.1, -0.05) is 0 Å². The second kappa shape index (κ2) is 5.72. The molecule has 8 heteroatoms. The zero-order valence-corrected chi connectivity index (χ0v) is 11.3. The van der Waals surface area contributed by atoms with Crippen LogP contribution in [0.15, 0.2) is 12.4 Å². The number of nitrogens with zero attached hydrogens (tertiary/aromatic N) is 3. The van der Waals surface area contributed by atoms with Crippen LogP contribution in [0.5, 0.6) is 0 Å². The van der Waals surface area contributed by atoms with Crippen LogP contribution in [-0.2, 0) is 7.05 Å². The molecule has 1 aromatic heterocycles. The number of aromatic nitrogens is 2. The predicted molar refractivity (Wildman–Crippen MR) is 66.9 cm³/mol. The first-order valence-electron chi connectivity index (χ1n) is 5.93. The van der Waals surface area contributed by atoms with Crippen LogP contribution in [0.3, 0.4) is 0 Å². The Balaban J connectivity index is 2.08. The molecule has 0 spiro atoms. The third kappa shape index (κ3) is 3.64. The van der Waals surface area contributed by atoms with Crippen molar-refractivity contribution < 1.29 is 18.3 Å². The third-order valence-corrected chi connectivity index (χ3v) is 4.16. The lowest BCUT2D eigenvalue weighted by Gasteiger charge is -2.36. The monoisotopic (exact) mass is 295 g/mol. The van der Waals surface area contributed by atoms with Crippen LogP contribution in [0.2, 0.25) is 0 Å². The van der Waals surface area contributed by atoms with E-state index in [-0.39, 0.29) is 12.6 Å². The van der Waals surface area contributed by atoms with E-state index < -0.39 is 12.3 Å². The molecule has 2 atom stereocenters. The van der Waals surface area contributed by atoms with Gasteiger partial charge < -0.3 is 5.11 Å². The highest BCUT2D eigenvalue weighted by Crippen LogP contribution is 2.31. The van der Waals surface area contributed by atoms with Gasteiger partial charge >= 0.3 is 6.18 Å². The van der Waals surface area contributed by atoms with Crippen molar-refractivity contribution in [2.45, 2.75) is 18.3 Å². The summed E-state index contributed by atoms with van der Waals surface area (Å²) < 4.78 is 39.0. The van der Waals surface area contributed by atoms with Crippen molar-refractivity contribution in [1.82, 2.24) is 14.7 Å². The predicted octanol–water partition coefficient (Wildman–Crippen LogP) is 1.43. The molecule has 0 amide bonds. The number of aryl methyl sites for hydroxylation is 1. The van der Waals surface area contributed by atoms with E-state index in [4.69, 9.17) is 0 Å². The highest BCUT2D eigenvalue weighted by Gasteiger charge is 2.40. The molecule has 0 aliphatic carbocycles. The molecule has 1 aliphatic heterocycles. The Bertz CT molecular complexity index is 424. The fourth-order valence-electron chi connectivity index (χ4n) is 2.10. The van der Waals surface area contributed by atoms with E-state index in [1.807, 2.05) is 6.20 Å². The second-order valence-corrected chi connectivity index (χ2v) is 5.74. The fraction of sp³-hybridized carbons (Fsp3) is 0.727. The summed E-state index contributed by atoms with van der Waals surface area (Å²) in [4.78, 5) is 1.69. The van der Waals surface area contributed by atoms with Gasteiger partial charge in [0, 0.05) is 49.4 Å². The zero-order chi connectivity index (χ0) is 14.0. The molecule has 2 heterocycles. The standard InChI is InChI=1S/C11H16F3N3OS/c1-16-5-8(4-15-16)9-7-19-3-2-17(9)6-10(18)11(12,13)14/h4-5,9-10,18H,2-3,6-7H2,1H3/t9-,10-/m1/s1. The summed E-state index contributed by atoms with van der Waals surface area (Å²) in [5.41, 5.74) is 0.893. The quantitative estimate of drug-likeness (QED) is 0.916. The minimum absolute atomic E-state index is 0.121. The minimum atomic E-state index is -4.57. The first-order chi connectivity index (χ1) is 8.88. The summed E-state index contributed by atoms with van der Waals surface area (Å²) in [6, 6.07) is -0.121. The Labute approximate surface area is 113 Å². The van der Waals surface area contributed by atoms with Gasteiger partial charge in [0.2, 0.25) is 0 Å². The largest absolute Gasteiger partial charge is 0.415 e. The van der Waals surface area contributed by atoms with E-state index in [0.717, 1.165) is 17.1 Å². The lowest BCUT2D eigenvalue weighted by molar-refractivity contribution is -0.209. The highest BCUT2D eigenvalue weighted by molar-refractivity contribution is 7.99.